The van der Waals surface area contributed by atoms with E-state index in [1.807, 2.05) is 0 Å². The Bertz CT molecular complexity index is 656. The van der Waals surface area contributed by atoms with Crippen LogP contribution >= 0.6 is 11.3 Å². The molecule has 0 radical (unpaired) electrons. The molecule has 0 aliphatic rings. The monoisotopic (exact) mass is 300 g/mol. The van der Waals surface area contributed by atoms with E-state index in [1.165, 1.54) is 30.3 Å². The maximum Gasteiger partial charge on any atom is 0.455 e. The zero-order valence-electron chi connectivity index (χ0n) is 9.77. The number of carbonyl (C=O) groups is 2. The van der Waals surface area contributed by atoms with Crippen LogP contribution in [0.3, 0.4) is 0 Å². The summed E-state index contributed by atoms with van der Waals surface area (Å²) in [5.41, 5.74) is 0.637. The van der Waals surface area contributed by atoms with Gasteiger partial charge in [-0.3, -0.25) is 4.79 Å². The van der Waals surface area contributed by atoms with Gasteiger partial charge in [0.1, 0.15) is 0 Å². The number of alkyl halides is 3. The molecule has 20 heavy (non-hydrogen) atoms. The summed E-state index contributed by atoms with van der Waals surface area (Å²) in [5.74, 6) is -2.97. The molecule has 0 unspecified atom stereocenters. The van der Waals surface area contributed by atoms with Gasteiger partial charge in [-0.15, -0.1) is 11.3 Å². The molecular weight excluding hydrogens is 293 g/mol. The second-order valence-corrected chi connectivity index (χ2v) is 4.96. The fourth-order valence-corrected chi connectivity index (χ4v) is 2.50. The lowest BCUT2D eigenvalue weighted by Crippen LogP contribution is -2.21. The Labute approximate surface area is 115 Å². The first-order valence-electron chi connectivity index (χ1n) is 5.34. The van der Waals surface area contributed by atoms with Gasteiger partial charge in [0.15, 0.2) is 0 Å². The SMILES string of the molecule is O=C(O)c1ccc(-c2ccc(C(=O)C(F)(F)F)s2)cc1. The van der Waals surface area contributed by atoms with Gasteiger partial charge in [0, 0.05) is 4.88 Å². The molecular formula is C13H7F3O3S. The van der Waals surface area contributed by atoms with Crippen molar-refractivity contribution in [1.29, 1.82) is 0 Å². The molecule has 1 heterocycles. The molecule has 3 nitrogen and oxygen atoms in total. The number of benzene rings is 1. The highest BCUT2D eigenvalue weighted by atomic mass is 32.1. The molecule has 0 spiro atoms. The van der Waals surface area contributed by atoms with Crippen molar-refractivity contribution >= 4 is 23.1 Å². The predicted molar refractivity (Wildman–Crippen MR) is 67.1 cm³/mol. The van der Waals surface area contributed by atoms with Crippen LogP contribution in [0.1, 0.15) is 20.0 Å². The van der Waals surface area contributed by atoms with E-state index in [9.17, 15) is 22.8 Å². The van der Waals surface area contributed by atoms with Gasteiger partial charge in [-0.2, -0.15) is 13.2 Å². The Balaban J connectivity index is 2.29. The lowest BCUT2D eigenvalue weighted by atomic mass is 10.1. The van der Waals surface area contributed by atoms with Crippen LogP contribution in [-0.4, -0.2) is 23.0 Å². The highest BCUT2D eigenvalue weighted by Crippen LogP contribution is 2.32. The number of thiophene rings is 1. The molecule has 2 rings (SSSR count). The van der Waals surface area contributed by atoms with Gasteiger partial charge in [-0.05, 0) is 29.8 Å². The maximum atomic E-state index is 12.3. The van der Waals surface area contributed by atoms with E-state index in [2.05, 4.69) is 0 Å². The van der Waals surface area contributed by atoms with Crippen LogP contribution < -0.4 is 0 Å². The molecule has 7 heteroatoms. The molecule has 1 aromatic heterocycles. The third-order valence-electron chi connectivity index (χ3n) is 2.50. The zero-order chi connectivity index (χ0) is 14.9. The summed E-state index contributed by atoms with van der Waals surface area (Å²) in [5, 5.41) is 8.75. The van der Waals surface area contributed by atoms with E-state index < -0.39 is 22.8 Å². The van der Waals surface area contributed by atoms with Crippen molar-refractivity contribution in [2.45, 2.75) is 6.18 Å². The molecule has 0 bridgehead atoms. The molecule has 0 atom stereocenters. The summed E-state index contributed by atoms with van der Waals surface area (Å²) >= 11 is 0.718. The van der Waals surface area contributed by atoms with Crippen molar-refractivity contribution in [3.8, 4) is 10.4 Å². The van der Waals surface area contributed by atoms with E-state index in [1.54, 1.807) is 0 Å². The Morgan fingerprint density at radius 1 is 1.00 bits per heavy atom. The van der Waals surface area contributed by atoms with E-state index in [-0.39, 0.29) is 5.56 Å². The number of hydrogen-bond acceptors (Lipinski definition) is 3. The van der Waals surface area contributed by atoms with Crippen LogP contribution in [0.5, 0.6) is 0 Å². The van der Waals surface area contributed by atoms with E-state index in [0.29, 0.717) is 10.4 Å². The average Bonchev–Trinajstić information content (AvgIpc) is 2.86. The zero-order valence-corrected chi connectivity index (χ0v) is 10.6. The molecule has 0 amide bonds. The third-order valence-corrected chi connectivity index (χ3v) is 3.64. The van der Waals surface area contributed by atoms with Crippen LogP contribution in [0.4, 0.5) is 13.2 Å². The number of rotatable bonds is 3. The first kappa shape index (κ1) is 14.3. The van der Waals surface area contributed by atoms with Gasteiger partial charge in [0.25, 0.3) is 5.78 Å². The predicted octanol–water partition coefficient (Wildman–Crippen LogP) is 3.86. The van der Waals surface area contributed by atoms with Gasteiger partial charge in [-0.25, -0.2) is 4.79 Å². The minimum absolute atomic E-state index is 0.0805. The van der Waals surface area contributed by atoms with Crippen molar-refractivity contribution in [3.63, 3.8) is 0 Å². The quantitative estimate of drug-likeness (QED) is 0.876. The van der Waals surface area contributed by atoms with E-state index >= 15 is 0 Å². The number of halogens is 3. The number of hydrogen-bond donors (Lipinski definition) is 1. The van der Waals surface area contributed by atoms with Crippen LogP contribution in [0.25, 0.3) is 10.4 Å². The van der Waals surface area contributed by atoms with Gasteiger partial charge in [0.2, 0.25) is 0 Å². The summed E-state index contributed by atoms with van der Waals surface area (Å²) in [7, 11) is 0. The number of carboxylic acids is 1. The molecule has 2 aromatic rings. The van der Waals surface area contributed by atoms with Gasteiger partial charge >= 0.3 is 12.1 Å². The molecule has 0 aliphatic carbocycles. The summed E-state index contributed by atoms with van der Waals surface area (Å²) in [4.78, 5) is 21.8. The van der Waals surface area contributed by atoms with E-state index in [4.69, 9.17) is 5.11 Å². The topological polar surface area (TPSA) is 54.4 Å². The molecule has 104 valence electrons. The van der Waals surface area contributed by atoms with Crippen molar-refractivity contribution < 1.29 is 27.9 Å². The number of carboxylic acid groups (broad SMARTS) is 1. The highest BCUT2D eigenvalue weighted by molar-refractivity contribution is 7.17. The minimum atomic E-state index is -4.89. The van der Waals surface area contributed by atoms with Crippen molar-refractivity contribution in [2.75, 3.05) is 0 Å². The molecule has 0 fully saturated rings. The summed E-state index contributed by atoms with van der Waals surface area (Å²) in [6.45, 7) is 0. The Hall–Kier alpha value is -2.15. The highest BCUT2D eigenvalue weighted by Gasteiger charge is 2.40. The number of carbonyl (C=O) groups excluding carboxylic acids is 1. The van der Waals surface area contributed by atoms with Crippen molar-refractivity contribution in [1.82, 2.24) is 0 Å². The summed E-state index contributed by atoms with van der Waals surface area (Å²) < 4.78 is 36.8. The number of ketones is 1. The average molecular weight is 300 g/mol. The fourth-order valence-electron chi connectivity index (χ4n) is 1.53. The lowest BCUT2D eigenvalue weighted by molar-refractivity contribution is -0.0882. The standard InChI is InChI=1S/C13H7F3O3S/c14-13(15,16)11(17)10-6-5-9(20-10)7-1-3-8(4-2-7)12(18)19/h1-6H,(H,18,19). The van der Waals surface area contributed by atoms with Crippen molar-refractivity contribution in [3.05, 3.63) is 46.8 Å². The molecule has 1 aromatic carbocycles. The number of Topliss-reactive ketones (excluding diaryl/α,β-unsaturated/α-hetero) is 1. The van der Waals surface area contributed by atoms with Crippen LogP contribution in [0, 0.1) is 0 Å². The van der Waals surface area contributed by atoms with Crippen LogP contribution in [-0.2, 0) is 0 Å². The first-order valence-corrected chi connectivity index (χ1v) is 6.16. The largest absolute Gasteiger partial charge is 0.478 e. The van der Waals surface area contributed by atoms with Crippen LogP contribution in [0.15, 0.2) is 36.4 Å². The fraction of sp³-hybridized carbons (Fsp3) is 0.0769. The minimum Gasteiger partial charge on any atom is -0.478 e. The van der Waals surface area contributed by atoms with E-state index in [0.717, 1.165) is 17.4 Å². The molecule has 0 saturated heterocycles. The second kappa shape index (κ2) is 5.09. The molecule has 0 saturated carbocycles. The molecule has 0 aliphatic heterocycles. The van der Waals surface area contributed by atoms with Crippen LogP contribution in [0.2, 0.25) is 0 Å². The van der Waals surface area contributed by atoms with Gasteiger partial charge < -0.3 is 5.11 Å². The Morgan fingerprint density at radius 3 is 2.10 bits per heavy atom. The summed E-state index contributed by atoms with van der Waals surface area (Å²) in [6, 6.07) is 8.18. The smallest absolute Gasteiger partial charge is 0.455 e. The third kappa shape index (κ3) is 2.88. The Kier molecular flexibility index (Phi) is 3.63. The lowest BCUT2D eigenvalue weighted by Gasteiger charge is -2.01. The maximum absolute atomic E-state index is 12.3. The van der Waals surface area contributed by atoms with Crippen molar-refractivity contribution in [2.24, 2.45) is 0 Å². The summed E-state index contributed by atoms with van der Waals surface area (Å²) in [6.07, 6.45) is -4.89. The van der Waals surface area contributed by atoms with Gasteiger partial charge in [0.05, 0.1) is 10.4 Å². The second-order valence-electron chi connectivity index (χ2n) is 3.87. The van der Waals surface area contributed by atoms with Gasteiger partial charge in [-0.1, -0.05) is 12.1 Å². The Morgan fingerprint density at radius 2 is 1.60 bits per heavy atom. The molecule has 1 N–H and O–H groups in total. The number of aromatic carboxylic acids is 1. The normalized spacial score (nSPS) is 11.3. The first-order chi connectivity index (χ1) is 9.29.